The molecular weight excluding hydrogens is 204 g/mol. The van der Waals surface area contributed by atoms with Crippen molar-refractivity contribution in [2.45, 2.75) is 0 Å². The Morgan fingerprint density at radius 1 is 1.53 bits per heavy atom. The fraction of sp³-hybridized carbons (Fsp3) is 0.125. The van der Waals surface area contributed by atoms with Gasteiger partial charge in [-0.15, -0.1) is 0 Å². The van der Waals surface area contributed by atoms with E-state index in [1.54, 1.807) is 0 Å². The number of rotatable bonds is 4. The zero-order valence-corrected chi connectivity index (χ0v) is 7.51. The number of carboxylic acid groups (broad SMARTS) is 1. The fourth-order valence-electron chi connectivity index (χ4n) is 0.996. The van der Waals surface area contributed by atoms with Gasteiger partial charge in [-0.1, -0.05) is 0 Å². The van der Waals surface area contributed by atoms with E-state index in [0.29, 0.717) is 0 Å². The van der Waals surface area contributed by atoms with E-state index in [1.165, 1.54) is 0 Å². The molecule has 0 unspecified atom stereocenters. The number of carboxylic acids is 1. The Morgan fingerprint density at radius 2 is 2.20 bits per heavy atom. The van der Waals surface area contributed by atoms with Crippen LogP contribution in [0, 0.1) is 10.1 Å². The van der Waals surface area contributed by atoms with E-state index in [2.05, 4.69) is 5.32 Å². The molecule has 0 saturated heterocycles. The van der Waals surface area contributed by atoms with E-state index in [9.17, 15) is 14.9 Å². The Bertz CT molecular complexity index is 404. The Balaban J connectivity index is 2.96. The Hall–Kier alpha value is -2.31. The number of benzene rings is 1. The molecule has 0 aromatic heterocycles. The van der Waals surface area contributed by atoms with E-state index in [0.717, 1.165) is 18.2 Å². The number of hydrogen-bond acceptors (Lipinski definition) is 5. The lowest BCUT2D eigenvalue weighted by Gasteiger charge is -2.04. The molecule has 0 amide bonds. The first-order chi connectivity index (χ1) is 7.00. The van der Waals surface area contributed by atoms with Crippen molar-refractivity contribution in [3.63, 3.8) is 0 Å². The van der Waals surface area contributed by atoms with Gasteiger partial charge in [-0.05, 0) is 6.07 Å². The molecule has 0 heterocycles. The van der Waals surface area contributed by atoms with Gasteiger partial charge in [-0.25, -0.2) is 0 Å². The average molecular weight is 212 g/mol. The van der Waals surface area contributed by atoms with Crippen molar-refractivity contribution in [2.24, 2.45) is 0 Å². The minimum absolute atomic E-state index is 0.0256. The number of phenols is 1. The molecule has 0 atom stereocenters. The second kappa shape index (κ2) is 4.27. The maximum Gasteiger partial charge on any atom is 0.322 e. The van der Waals surface area contributed by atoms with E-state index in [-0.39, 0.29) is 17.1 Å². The van der Waals surface area contributed by atoms with Crippen LogP contribution in [0.15, 0.2) is 18.2 Å². The van der Waals surface area contributed by atoms with Crippen molar-refractivity contribution in [2.75, 3.05) is 11.9 Å². The predicted molar refractivity (Wildman–Crippen MR) is 50.9 cm³/mol. The number of aliphatic carboxylic acids is 1. The molecule has 1 rings (SSSR count). The lowest BCUT2D eigenvalue weighted by atomic mass is 10.2. The van der Waals surface area contributed by atoms with Crippen molar-refractivity contribution >= 4 is 17.3 Å². The molecule has 15 heavy (non-hydrogen) atoms. The number of nitrogens with zero attached hydrogens (tertiary/aromatic N) is 1. The summed E-state index contributed by atoms with van der Waals surface area (Å²) in [5.74, 6) is -1.32. The Kier molecular flexibility index (Phi) is 3.06. The van der Waals surface area contributed by atoms with Crippen LogP contribution in [0.2, 0.25) is 0 Å². The van der Waals surface area contributed by atoms with Crippen LogP contribution < -0.4 is 5.32 Å². The number of anilines is 1. The van der Waals surface area contributed by atoms with Gasteiger partial charge in [0.25, 0.3) is 5.69 Å². The number of phenolic OH excluding ortho intramolecular Hbond substituents is 1. The summed E-state index contributed by atoms with van der Waals surface area (Å²) in [5, 5.41) is 30.3. The number of nitro groups is 1. The van der Waals surface area contributed by atoms with E-state index in [4.69, 9.17) is 10.2 Å². The molecule has 3 N–H and O–H groups in total. The quantitative estimate of drug-likeness (QED) is 0.502. The normalized spacial score (nSPS) is 9.60. The molecule has 1 aromatic rings. The second-order valence-electron chi connectivity index (χ2n) is 2.71. The first kappa shape index (κ1) is 10.8. The first-order valence-electron chi connectivity index (χ1n) is 3.94. The van der Waals surface area contributed by atoms with Crippen molar-refractivity contribution in [3.8, 4) is 5.75 Å². The summed E-state index contributed by atoms with van der Waals surface area (Å²) >= 11 is 0. The van der Waals surface area contributed by atoms with Crippen LogP contribution in [-0.4, -0.2) is 27.7 Å². The number of aromatic hydroxyl groups is 1. The maximum atomic E-state index is 10.5. The molecule has 0 aliphatic heterocycles. The van der Waals surface area contributed by atoms with Crippen molar-refractivity contribution in [3.05, 3.63) is 28.3 Å². The van der Waals surface area contributed by atoms with E-state index >= 15 is 0 Å². The molecule has 0 bridgehead atoms. The molecule has 7 nitrogen and oxygen atoms in total. The van der Waals surface area contributed by atoms with Gasteiger partial charge < -0.3 is 15.5 Å². The summed E-state index contributed by atoms with van der Waals surface area (Å²) in [6.45, 7) is -0.454. The third-order valence-electron chi connectivity index (χ3n) is 1.61. The molecule has 1 aromatic carbocycles. The van der Waals surface area contributed by atoms with Crippen LogP contribution in [0.3, 0.4) is 0 Å². The van der Waals surface area contributed by atoms with Gasteiger partial charge >= 0.3 is 5.97 Å². The molecule has 0 aliphatic rings. The van der Waals surface area contributed by atoms with Gasteiger partial charge in [0, 0.05) is 12.1 Å². The van der Waals surface area contributed by atoms with Crippen LogP contribution in [0.25, 0.3) is 0 Å². The standard InChI is InChI=1S/C8H8N2O5/c11-5-1-2-7(10(14)15)6(3-5)9-4-8(12)13/h1-3,9,11H,4H2,(H,12,13). The number of carbonyl (C=O) groups is 1. The zero-order valence-electron chi connectivity index (χ0n) is 7.51. The van der Waals surface area contributed by atoms with E-state index < -0.39 is 17.4 Å². The van der Waals surface area contributed by atoms with Crippen molar-refractivity contribution in [1.29, 1.82) is 0 Å². The summed E-state index contributed by atoms with van der Waals surface area (Å²) < 4.78 is 0. The number of hydrogen-bond donors (Lipinski definition) is 3. The van der Waals surface area contributed by atoms with Gasteiger partial charge in [-0.2, -0.15) is 0 Å². The molecular formula is C8H8N2O5. The van der Waals surface area contributed by atoms with Crippen LogP contribution in [0.5, 0.6) is 5.75 Å². The summed E-state index contributed by atoms with van der Waals surface area (Å²) in [4.78, 5) is 20.1. The summed E-state index contributed by atoms with van der Waals surface area (Å²) in [6, 6.07) is 3.35. The van der Waals surface area contributed by atoms with Gasteiger partial charge in [0.15, 0.2) is 0 Å². The largest absolute Gasteiger partial charge is 0.508 e. The molecule has 7 heteroatoms. The molecule has 80 valence electrons. The minimum atomic E-state index is -1.15. The zero-order chi connectivity index (χ0) is 11.4. The molecule has 0 saturated carbocycles. The van der Waals surface area contributed by atoms with Crippen molar-refractivity contribution in [1.82, 2.24) is 0 Å². The lowest BCUT2D eigenvalue weighted by Crippen LogP contribution is -2.13. The third-order valence-corrected chi connectivity index (χ3v) is 1.61. The highest BCUT2D eigenvalue weighted by Crippen LogP contribution is 2.27. The minimum Gasteiger partial charge on any atom is -0.508 e. The highest BCUT2D eigenvalue weighted by molar-refractivity contribution is 5.75. The highest BCUT2D eigenvalue weighted by atomic mass is 16.6. The van der Waals surface area contributed by atoms with Gasteiger partial charge in [-0.3, -0.25) is 14.9 Å². The van der Waals surface area contributed by atoms with Crippen molar-refractivity contribution < 1.29 is 19.9 Å². The summed E-state index contributed by atoms with van der Waals surface area (Å²) in [7, 11) is 0. The first-order valence-corrected chi connectivity index (χ1v) is 3.94. The second-order valence-corrected chi connectivity index (χ2v) is 2.71. The van der Waals surface area contributed by atoms with Gasteiger partial charge in [0.05, 0.1) is 4.92 Å². The maximum absolute atomic E-state index is 10.5. The molecule has 0 aliphatic carbocycles. The smallest absolute Gasteiger partial charge is 0.322 e. The van der Waals surface area contributed by atoms with Crippen LogP contribution in [-0.2, 0) is 4.79 Å². The third kappa shape index (κ3) is 2.83. The number of nitro benzene ring substituents is 1. The van der Waals surface area contributed by atoms with E-state index in [1.807, 2.05) is 0 Å². The lowest BCUT2D eigenvalue weighted by molar-refractivity contribution is -0.384. The molecule has 0 radical (unpaired) electrons. The number of nitrogens with one attached hydrogen (secondary N) is 1. The Labute approximate surface area is 84.1 Å². The van der Waals surface area contributed by atoms with Crippen LogP contribution >= 0.6 is 0 Å². The highest BCUT2D eigenvalue weighted by Gasteiger charge is 2.14. The van der Waals surface area contributed by atoms with Crippen LogP contribution in [0.4, 0.5) is 11.4 Å². The average Bonchev–Trinajstić information content (AvgIpc) is 2.14. The monoisotopic (exact) mass is 212 g/mol. The topological polar surface area (TPSA) is 113 Å². The summed E-state index contributed by atoms with van der Waals surface area (Å²) in [6.07, 6.45) is 0. The molecule has 0 spiro atoms. The molecule has 0 fully saturated rings. The predicted octanol–water partition coefficient (Wildman–Crippen LogP) is 0.797. The van der Waals surface area contributed by atoms with Gasteiger partial charge in [0.1, 0.15) is 18.0 Å². The Morgan fingerprint density at radius 3 is 2.73 bits per heavy atom. The fourth-order valence-corrected chi connectivity index (χ4v) is 0.996. The van der Waals surface area contributed by atoms with Gasteiger partial charge in [0.2, 0.25) is 0 Å². The van der Waals surface area contributed by atoms with Crippen LogP contribution in [0.1, 0.15) is 0 Å². The summed E-state index contributed by atoms with van der Waals surface area (Å²) in [5.41, 5.74) is -0.309. The SMILES string of the molecule is O=C(O)CNc1cc(O)ccc1[N+](=O)[O-].